The van der Waals surface area contributed by atoms with Crippen molar-refractivity contribution in [2.24, 2.45) is 0 Å². The van der Waals surface area contributed by atoms with E-state index in [0.29, 0.717) is 15.8 Å². The van der Waals surface area contributed by atoms with Gasteiger partial charge in [0.15, 0.2) is 0 Å². The summed E-state index contributed by atoms with van der Waals surface area (Å²) in [6.07, 6.45) is -2.17. The van der Waals surface area contributed by atoms with Gasteiger partial charge in [-0.15, -0.1) is 0 Å². The van der Waals surface area contributed by atoms with E-state index in [0.717, 1.165) is 5.56 Å². The summed E-state index contributed by atoms with van der Waals surface area (Å²) in [7, 11) is 0. The van der Waals surface area contributed by atoms with Crippen molar-refractivity contribution in [2.45, 2.75) is 32.6 Å². The lowest BCUT2D eigenvalue weighted by Gasteiger charge is -2.23. The van der Waals surface area contributed by atoms with E-state index in [2.05, 4.69) is 4.98 Å². The van der Waals surface area contributed by atoms with Gasteiger partial charge < -0.3 is 9.32 Å². The van der Waals surface area contributed by atoms with Gasteiger partial charge in [-0.25, -0.2) is 4.98 Å². The fourth-order valence-electron chi connectivity index (χ4n) is 2.91. The maximum Gasteiger partial charge on any atom is 0.406 e. The lowest BCUT2D eigenvalue weighted by molar-refractivity contribution is -0.163. The number of fused-ring (bicyclic) bond motifs is 1. The van der Waals surface area contributed by atoms with Crippen molar-refractivity contribution in [1.82, 2.24) is 14.5 Å². The molecule has 3 rings (SSSR count). The van der Waals surface area contributed by atoms with E-state index in [1.54, 1.807) is 12.1 Å². The summed E-state index contributed by atoms with van der Waals surface area (Å²) in [5, 5.41) is 0.401. The van der Waals surface area contributed by atoms with Gasteiger partial charge in [0.05, 0.1) is 30.0 Å². The number of hydrogen-bond donors (Lipinski definition) is 0. The Hall–Kier alpha value is -3.10. The van der Waals surface area contributed by atoms with E-state index in [9.17, 15) is 22.8 Å². The summed E-state index contributed by atoms with van der Waals surface area (Å²) in [5.74, 6) is -0.484. The molecule has 1 aromatic carbocycles. The summed E-state index contributed by atoms with van der Waals surface area (Å²) in [4.78, 5) is 29.8. The Morgan fingerprint density at radius 2 is 2.04 bits per heavy atom. The molecule has 0 radical (unpaired) electrons. The second-order valence-electron chi connectivity index (χ2n) is 6.41. The van der Waals surface area contributed by atoms with Crippen LogP contribution in [-0.2, 0) is 17.9 Å². The monoisotopic (exact) mass is 393 g/mol. The maximum atomic E-state index is 12.8. The number of hydrogen-bond acceptors (Lipinski definition) is 4. The Bertz CT molecular complexity index is 1030. The van der Waals surface area contributed by atoms with Crippen LogP contribution in [0.5, 0.6) is 0 Å². The molecule has 2 heterocycles. The molecule has 9 heteroatoms. The topological polar surface area (TPSA) is 68.3 Å². The molecule has 0 aliphatic carbocycles. The summed E-state index contributed by atoms with van der Waals surface area (Å²) in [6.45, 7) is 0.0688. The molecule has 0 bridgehead atoms. The zero-order chi connectivity index (χ0) is 20.3. The molecule has 28 heavy (non-hydrogen) atoms. The van der Waals surface area contributed by atoms with Gasteiger partial charge in [-0.3, -0.25) is 14.2 Å². The number of amides is 1. The van der Waals surface area contributed by atoms with Crippen LogP contribution in [0.25, 0.3) is 10.9 Å². The number of halogens is 3. The van der Waals surface area contributed by atoms with Gasteiger partial charge in [-0.1, -0.05) is 12.1 Å². The van der Waals surface area contributed by atoms with Crippen LogP contribution in [0.1, 0.15) is 17.7 Å². The highest BCUT2D eigenvalue weighted by atomic mass is 19.4. The molecule has 2 aromatic heterocycles. The third kappa shape index (κ3) is 4.59. The van der Waals surface area contributed by atoms with E-state index < -0.39 is 18.6 Å². The van der Waals surface area contributed by atoms with Crippen LogP contribution in [0.3, 0.4) is 0 Å². The van der Waals surface area contributed by atoms with Crippen molar-refractivity contribution < 1.29 is 22.4 Å². The number of rotatable bonds is 6. The van der Waals surface area contributed by atoms with Gasteiger partial charge in [-0.05, 0) is 30.7 Å². The maximum absolute atomic E-state index is 12.8. The van der Waals surface area contributed by atoms with E-state index in [1.807, 2.05) is 13.0 Å². The first-order valence-corrected chi connectivity index (χ1v) is 8.56. The molecule has 3 aromatic rings. The van der Waals surface area contributed by atoms with Crippen LogP contribution in [0.15, 0.2) is 52.1 Å². The highest BCUT2D eigenvalue weighted by Crippen LogP contribution is 2.19. The average molecular weight is 393 g/mol. The first kappa shape index (κ1) is 19.7. The number of alkyl halides is 3. The van der Waals surface area contributed by atoms with Crippen LogP contribution in [0.4, 0.5) is 13.2 Å². The van der Waals surface area contributed by atoms with Crippen molar-refractivity contribution in [3.8, 4) is 0 Å². The van der Waals surface area contributed by atoms with Crippen LogP contribution >= 0.6 is 0 Å². The number of carbonyl (C=O) groups excluding carboxylic acids is 1. The molecule has 0 N–H and O–H groups in total. The number of aryl methyl sites for hydroxylation is 2. The normalized spacial score (nSPS) is 11.7. The molecule has 0 saturated heterocycles. The minimum atomic E-state index is -4.54. The predicted octanol–water partition coefficient (Wildman–Crippen LogP) is 3.28. The molecule has 0 spiro atoms. The van der Waals surface area contributed by atoms with Crippen LogP contribution in [0, 0.1) is 6.92 Å². The Morgan fingerprint density at radius 1 is 1.25 bits per heavy atom. The standard InChI is InChI=1S/C19H18F3N3O3/c1-13-4-2-6-15-17(13)23-12-24(18(15)27)8-7-16(26)25(11-19(20,21)22)10-14-5-3-9-28-14/h2-6,9,12H,7-8,10-11H2,1H3. The Kier molecular flexibility index (Phi) is 5.53. The second kappa shape index (κ2) is 7.87. The van der Waals surface area contributed by atoms with Crippen LogP contribution < -0.4 is 5.56 Å². The number of aromatic nitrogens is 2. The molecule has 0 unspecified atom stereocenters. The van der Waals surface area contributed by atoms with Crippen molar-refractivity contribution >= 4 is 16.8 Å². The molecule has 0 fully saturated rings. The van der Waals surface area contributed by atoms with E-state index in [-0.39, 0.29) is 30.8 Å². The second-order valence-corrected chi connectivity index (χ2v) is 6.41. The molecule has 0 aliphatic rings. The van der Waals surface area contributed by atoms with Gasteiger partial charge in [0, 0.05) is 13.0 Å². The predicted molar refractivity (Wildman–Crippen MR) is 95.5 cm³/mol. The lowest BCUT2D eigenvalue weighted by Crippen LogP contribution is -2.39. The Morgan fingerprint density at radius 3 is 2.71 bits per heavy atom. The summed E-state index contributed by atoms with van der Waals surface area (Å²) >= 11 is 0. The van der Waals surface area contributed by atoms with Crippen molar-refractivity contribution in [2.75, 3.05) is 6.54 Å². The van der Waals surface area contributed by atoms with Crippen LogP contribution in [-0.4, -0.2) is 33.1 Å². The molecule has 0 aliphatic heterocycles. The molecular weight excluding hydrogens is 375 g/mol. The van der Waals surface area contributed by atoms with Crippen molar-refractivity contribution in [1.29, 1.82) is 0 Å². The number of para-hydroxylation sites is 1. The highest BCUT2D eigenvalue weighted by Gasteiger charge is 2.33. The van der Waals surface area contributed by atoms with Gasteiger partial charge in [0.1, 0.15) is 12.3 Å². The number of carbonyl (C=O) groups is 1. The van der Waals surface area contributed by atoms with Gasteiger partial charge in [0.2, 0.25) is 5.91 Å². The lowest BCUT2D eigenvalue weighted by atomic mass is 10.1. The van der Waals surface area contributed by atoms with Crippen LogP contribution in [0.2, 0.25) is 0 Å². The summed E-state index contributed by atoms with van der Waals surface area (Å²) in [5.41, 5.74) is 1.06. The zero-order valence-corrected chi connectivity index (χ0v) is 15.1. The minimum absolute atomic E-state index is 0.0684. The number of benzene rings is 1. The fourth-order valence-corrected chi connectivity index (χ4v) is 2.91. The minimum Gasteiger partial charge on any atom is -0.467 e. The van der Waals surface area contributed by atoms with Crippen molar-refractivity contribution in [3.63, 3.8) is 0 Å². The smallest absolute Gasteiger partial charge is 0.406 e. The largest absolute Gasteiger partial charge is 0.467 e. The van der Waals surface area contributed by atoms with E-state index in [4.69, 9.17) is 4.42 Å². The first-order valence-electron chi connectivity index (χ1n) is 8.56. The first-order chi connectivity index (χ1) is 13.2. The van der Waals surface area contributed by atoms with Gasteiger partial charge >= 0.3 is 6.18 Å². The fraction of sp³-hybridized carbons (Fsp3) is 0.316. The molecule has 148 valence electrons. The highest BCUT2D eigenvalue weighted by molar-refractivity contribution is 5.80. The molecule has 1 amide bonds. The van der Waals surface area contributed by atoms with Gasteiger partial charge in [0.25, 0.3) is 5.56 Å². The summed E-state index contributed by atoms with van der Waals surface area (Å²) < 4.78 is 44.8. The Labute approximate surface area is 158 Å². The third-order valence-electron chi connectivity index (χ3n) is 4.27. The molecule has 0 atom stereocenters. The Balaban J connectivity index is 1.76. The quantitative estimate of drug-likeness (QED) is 0.645. The molecule has 6 nitrogen and oxygen atoms in total. The number of furan rings is 1. The average Bonchev–Trinajstić information content (AvgIpc) is 3.13. The third-order valence-corrected chi connectivity index (χ3v) is 4.27. The SMILES string of the molecule is Cc1cccc2c(=O)n(CCC(=O)N(Cc3ccco3)CC(F)(F)F)cnc12. The van der Waals surface area contributed by atoms with E-state index in [1.165, 1.54) is 29.3 Å². The van der Waals surface area contributed by atoms with E-state index >= 15 is 0 Å². The summed E-state index contributed by atoms with van der Waals surface area (Å²) in [6, 6.07) is 8.21. The zero-order valence-electron chi connectivity index (χ0n) is 15.1. The molecule has 0 saturated carbocycles. The molecular formula is C19H18F3N3O3. The van der Waals surface area contributed by atoms with Crippen molar-refractivity contribution in [3.05, 3.63) is 64.6 Å². The number of nitrogens with zero attached hydrogens (tertiary/aromatic N) is 3. The van der Waals surface area contributed by atoms with Gasteiger partial charge in [-0.2, -0.15) is 13.2 Å².